The van der Waals surface area contributed by atoms with Crippen LogP contribution in [0.4, 0.5) is 22.7 Å². The monoisotopic (exact) mass is 520 g/mol. The van der Waals surface area contributed by atoms with Crippen LogP contribution >= 0.6 is 31.9 Å². The molecule has 0 saturated heterocycles. The minimum atomic E-state index is -0.654. The number of alkyl halides is 2. The van der Waals surface area contributed by atoms with E-state index >= 15 is 0 Å². The van der Waals surface area contributed by atoms with Crippen LogP contribution in [0, 0.1) is 40.5 Å². The summed E-state index contributed by atoms with van der Waals surface area (Å²) in [5, 5.41) is 42.3. The van der Waals surface area contributed by atoms with Gasteiger partial charge < -0.3 is 0 Å². The largest absolute Gasteiger partial charge is 0.276 e. The third-order valence-electron chi connectivity index (χ3n) is 3.08. The molecular weight excluding hydrogens is 512 g/mol. The molecular formula is C14H10Br2N4O8. The number of hydrogen-bond donors (Lipinski definition) is 0. The third kappa shape index (κ3) is 6.62. The van der Waals surface area contributed by atoms with Gasteiger partial charge in [0.15, 0.2) is 0 Å². The van der Waals surface area contributed by atoms with Gasteiger partial charge in [0.2, 0.25) is 0 Å². The van der Waals surface area contributed by atoms with Crippen LogP contribution in [0.2, 0.25) is 0 Å². The molecule has 0 unspecified atom stereocenters. The van der Waals surface area contributed by atoms with Crippen LogP contribution in [0.25, 0.3) is 0 Å². The number of halogens is 2. The molecule has 0 aliphatic heterocycles. The minimum Gasteiger partial charge on any atom is -0.258 e. The lowest BCUT2D eigenvalue weighted by Crippen LogP contribution is -1.94. The van der Waals surface area contributed by atoms with Gasteiger partial charge in [0.05, 0.1) is 31.8 Å². The van der Waals surface area contributed by atoms with Gasteiger partial charge in [-0.25, -0.2) is 0 Å². The van der Waals surface area contributed by atoms with Gasteiger partial charge >= 0.3 is 0 Å². The summed E-state index contributed by atoms with van der Waals surface area (Å²) in [4.78, 5) is 39.0. The maximum atomic E-state index is 10.4. The second-order valence-electron chi connectivity index (χ2n) is 5.01. The standard InChI is InChI=1S/2C7H5BrN2O4/c2*8-4-5-1-6(9(11)12)3-7(2-5)10(13)14/h2*1-3H,4H2. The molecule has 14 heteroatoms. The van der Waals surface area contributed by atoms with Crippen molar-refractivity contribution in [2.75, 3.05) is 0 Å². The van der Waals surface area contributed by atoms with E-state index in [9.17, 15) is 40.5 Å². The molecule has 0 fully saturated rings. The van der Waals surface area contributed by atoms with E-state index < -0.39 is 19.7 Å². The van der Waals surface area contributed by atoms with E-state index in [-0.39, 0.29) is 22.7 Å². The Hall–Kier alpha value is -3.00. The van der Waals surface area contributed by atoms with Crippen molar-refractivity contribution in [2.45, 2.75) is 10.7 Å². The van der Waals surface area contributed by atoms with Crippen molar-refractivity contribution in [1.82, 2.24) is 0 Å². The number of benzene rings is 2. The van der Waals surface area contributed by atoms with E-state index in [0.29, 0.717) is 21.8 Å². The predicted molar refractivity (Wildman–Crippen MR) is 105 cm³/mol. The maximum Gasteiger partial charge on any atom is 0.276 e. The molecule has 0 aliphatic rings. The van der Waals surface area contributed by atoms with Crippen molar-refractivity contribution in [3.63, 3.8) is 0 Å². The summed E-state index contributed by atoms with van der Waals surface area (Å²) in [6, 6.07) is 7.05. The molecule has 28 heavy (non-hydrogen) atoms. The molecule has 2 aromatic carbocycles. The van der Waals surface area contributed by atoms with Gasteiger partial charge in [0, 0.05) is 34.9 Å². The first-order valence-corrected chi connectivity index (χ1v) is 9.30. The average molecular weight is 522 g/mol. The SMILES string of the molecule is O=[N+]([O-])c1cc(CBr)cc([N+](=O)[O-])c1.O=[N+]([O-])c1cc(CBr)cc([N+](=O)[O-])c1. The molecule has 0 aliphatic carbocycles. The molecule has 148 valence electrons. The maximum absolute atomic E-state index is 10.4. The van der Waals surface area contributed by atoms with Crippen LogP contribution in [0.1, 0.15) is 11.1 Å². The summed E-state index contributed by atoms with van der Waals surface area (Å²) in [5.41, 5.74) is -0.0681. The molecule has 12 nitrogen and oxygen atoms in total. The lowest BCUT2D eigenvalue weighted by atomic mass is 10.2. The van der Waals surface area contributed by atoms with Crippen LogP contribution in [-0.4, -0.2) is 19.7 Å². The smallest absolute Gasteiger partial charge is 0.258 e. The van der Waals surface area contributed by atoms with E-state index in [2.05, 4.69) is 31.9 Å². The first kappa shape index (κ1) is 23.0. The highest BCUT2D eigenvalue weighted by molar-refractivity contribution is 9.08. The van der Waals surface area contributed by atoms with Crippen molar-refractivity contribution in [2.24, 2.45) is 0 Å². The number of non-ortho nitro benzene ring substituents is 4. The van der Waals surface area contributed by atoms with Crippen LogP contribution in [0.15, 0.2) is 36.4 Å². The lowest BCUT2D eigenvalue weighted by molar-refractivity contribution is -0.394. The van der Waals surface area contributed by atoms with E-state index in [4.69, 9.17) is 0 Å². The Bertz CT molecular complexity index is 798. The van der Waals surface area contributed by atoms with E-state index in [1.165, 1.54) is 24.3 Å². The molecule has 0 spiro atoms. The Labute approximate surface area is 173 Å². The zero-order valence-corrected chi connectivity index (χ0v) is 16.9. The summed E-state index contributed by atoms with van der Waals surface area (Å²) in [5.74, 6) is 0. The minimum absolute atomic E-state index is 0.270. The van der Waals surface area contributed by atoms with Gasteiger partial charge in [0.25, 0.3) is 22.7 Å². The fourth-order valence-corrected chi connectivity index (χ4v) is 2.54. The second kappa shape index (κ2) is 10.4. The summed E-state index contributed by atoms with van der Waals surface area (Å²) >= 11 is 6.16. The molecule has 2 rings (SSSR count). The summed E-state index contributed by atoms with van der Waals surface area (Å²) in [7, 11) is 0. The van der Waals surface area contributed by atoms with Gasteiger partial charge in [-0.05, 0) is 11.1 Å². The van der Waals surface area contributed by atoms with Gasteiger partial charge in [-0.1, -0.05) is 31.9 Å². The number of nitro groups is 4. The lowest BCUT2D eigenvalue weighted by Gasteiger charge is -1.96. The van der Waals surface area contributed by atoms with Gasteiger partial charge in [-0.2, -0.15) is 0 Å². The quantitative estimate of drug-likeness (QED) is 0.296. The fraction of sp³-hybridized carbons (Fsp3) is 0.143. The summed E-state index contributed by atoms with van der Waals surface area (Å²) in [6.07, 6.45) is 0. The number of rotatable bonds is 6. The van der Waals surface area contributed by atoms with Gasteiger partial charge in [-0.3, -0.25) is 40.5 Å². The van der Waals surface area contributed by atoms with Crippen molar-refractivity contribution < 1.29 is 19.7 Å². The Morgan fingerprint density at radius 1 is 0.536 bits per heavy atom. The average Bonchev–Trinajstić information content (AvgIpc) is 2.67. The molecule has 0 atom stereocenters. The highest BCUT2D eigenvalue weighted by atomic mass is 79.9. The van der Waals surface area contributed by atoms with E-state index in [1.54, 1.807) is 0 Å². The first-order valence-electron chi connectivity index (χ1n) is 7.06. The molecule has 2 aromatic rings. The normalized spacial score (nSPS) is 9.79. The second-order valence-corrected chi connectivity index (χ2v) is 6.13. The van der Waals surface area contributed by atoms with Crippen molar-refractivity contribution in [3.05, 3.63) is 88.0 Å². The van der Waals surface area contributed by atoms with Crippen molar-refractivity contribution in [3.8, 4) is 0 Å². The molecule has 0 heterocycles. The van der Waals surface area contributed by atoms with Crippen molar-refractivity contribution >= 4 is 54.6 Å². The molecule has 0 aromatic heterocycles. The topological polar surface area (TPSA) is 173 Å². The Kier molecular flexibility index (Phi) is 8.53. The Morgan fingerprint density at radius 2 is 0.750 bits per heavy atom. The van der Waals surface area contributed by atoms with Crippen LogP contribution < -0.4 is 0 Å². The highest BCUT2D eigenvalue weighted by Crippen LogP contribution is 2.24. The van der Waals surface area contributed by atoms with Crippen LogP contribution in [-0.2, 0) is 10.7 Å². The van der Waals surface area contributed by atoms with Crippen LogP contribution in [0.5, 0.6) is 0 Å². The third-order valence-corrected chi connectivity index (χ3v) is 4.37. The zero-order valence-electron chi connectivity index (χ0n) is 13.7. The predicted octanol–water partition coefficient (Wildman–Crippen LogP) is 4.80. The van der Waals surface area contributed by atoms with Crippen molar-refractivity contribution in [1.29, 1.82) is 0 Å². The van der Waals surface area contributed by atoms with E-state index in [0.717, 1.165) is 12.1 Å². The highest BCUT2D eigenvalue weighted by Gasteiger charge is 2.16. The molecule has 0 radical (unpaired) electrons. The van der Waals surface area contributed by atoms with Gasteiger partial charge in [-0.15, -0.1) is 0 Å². The van der Waals surface area contributed by atoms with E-state index in [1.807, 2.05) is 0 Å². The summed E-state index contributed by atoms with van der Waals surface area (Å²) in [6.45, 7) is 0. The number of nitrogens with zero attached hydrogens (tertiary/aromatic N) is 4. The zero-order chi connectivity index (χ0) is 21.4. The molecule has 0 N–H and O–H groups in total. The first-order chi connectivity index (χ1) is 13.1. The number of hydrogen-bond acceptors (Lipinski definition) is 8. The summed E-state index contributed by atoms with van der Waals surface area (Å²) < 4.78 is 0. The Morgan fingerprint density at radius 3 is 0.893 bits per heavy atom. The Balaban J connectivity index is 0.000000280. The van der Waals surface area contributed by atoms with Crippen LogP contribution in [0.3, 0.4) is 0 Å². The number of nitro benzene ring substituents is 4. The molecule has 0 amide bonds. The van der Waals surface area contributed by atoms with Gasteiger partial charge in [0.1, 0.15) is 0 Å². The molecule has 0 bridgehead atoms. The fourth-order valence-electron chi connectivity index (χ4n) is 1.89. The molecule has 0 saturated carbocycles.